The molecule has 1 aromatic rings. The lowest BCUT2D eigenvalue weighted by Crippen LogP contribution is -2.17. The molecule has 2 saturated carbocycles. The summed E-state index contributed by atoms with van der Waals surface area (Å²) in [6.45, 7) is 0. The van der Waals surface area contributed by atoms with E-state index in [1.54, 1.807) is 6.07 Å². The van der Waals surface area contributed by atoms with Crippen molar-refractivity contribution in [3.05, 3.63) is 28.8 Å². The minimum absolute atomic E-state index is 0.0334. The lowest BCUT2D eigenvalue weighted by atomic mass is 10.0. The van der Waals surface area contributed by atoms with Gasteiger partial charge in [-0.3, -0.25) is 4.79 Å². The van der Waals surface area contributed by atoms with Gasteiger partial charge in [0.05, 0.1) is 10.6 Å². The molecule has 1 amide bonds. The Bertz CT molecular complexity index is 578. The van der Waals surface area contributed by atoms with Crippen LogP contribution in [0.4, 0.5) is 5.69 Å². The number of amides is 1. The van der Waals surface area contributed by atoms with Crippen LogP contribution in [0.3, 0.4) is 0 Å². The normalized spacial score (nSPS) is 22.8. The van der Waals surface area contributed by atoms with E-state index in [1.807, 2.05) is 0 Å². The molecule has 0 saturated heterocycles. The highest BCUT2D eigenvalue weighted by Crippen LogP contribution is 2.63. The number of rotatable bonds is 3. The molecule has 2 N–H and O–H groups in total. The standard InChI is InChI=1S/C15H16ClNO3/c16-12-7-9(3-4-10(12)14(19)20)17-13(18)11-8-15(11)5-1-2-6-15/h3-4,7,11H,1-2,5-6,8H2,(H,17,18)(H,19,20). The van der Waals surface area contributed by atoms with Crippen molar-refractivity contribution in [2.75, 3.05) is 5.32 Å². The van der Waals surface area contributed by atoms with E-state index >= 15 is 0 Å². The Balaban J connectivity index is 1.68. The van der Waals surface area contributed by atoms with Crippen LogP contribution in [-0.2, 0) is 4.79 Å². The molecule has 0 aromatic heterocycles. The average molecular weight is 294 g/mol. The van der Waals surface area contributed by atoms with Crippen molar-refractivity contribution in [1.29, 1.82) is 0 Å². The van der Waals surface area contributed by atoms with Crippen molar-refractivity contribution in [3.63, 3.8) is 0 Å². The molecule has 0 aliphatic heterocycles. The highest BCUT2D eigenvalue weighted by molar-refractivity contribution is 6.33. The number of halogens is 1. The molecule has 0 heterocycles. The van der Waals surface area contributed by atoms with E-state index in [9.17, 15) is 9.59 Å². The van der Waals surface area contributed by atoms with Crippen LogP contribution in [0.1, 0.15) is 42.5 Å². The summed E-state index contributed by atoms with van der Waals surface area (Å²) in [5, 5.41) is 11.9. The first kappa shape index (κ1) is 13.4. The molecule has 2 fully saturated rings. The molecule has 2 aliphatic carbocycles. The first-order chi connectivity index (χ1) is 9.52. The van der Waals surface area contributed by atoms with Crippen LogP contribution in [0.25, 0.3) is 0 Å². The largest absolute Gasteiger partial charge is 0.478 e. The minimum Gasteiger partial charge on any atom is -0.478 e. The summed E-state index contributed by atoms with van der Waals surface area (Å²) in [6.07, 6.45) is 5.75. The topological polar surface area (TPSA) is 66.4 Å². The number of aromatic carboxylic acids is 1. The maximum Gasteiger partial charge on any atom is 0.337 e. The first-order valence-electron chi connectivity index (χ1n) is 6.86. The van der Waals surface area contributed by atoms with E-state index in [0.29, 0.717) is 5.69 Å². The number of hydrogen-bond donors (Lipinski definition) is 2. The van der Waals surface area contributed by atoms with E-state index < -0.39 is 5.97 Å². The quantitative estimate of drug-likeness (QED) is 0.895. The lowest BCUT2D eigenvalue weighted by Gasteiger charge is -2.10. The second kappa shape index (κ2) is 4.77. The Morgan fingerprint density at radius 3 is 2.60 bits per heavy atom. The summed E-state index contributed by atoms with van der Waals surface area (Å²) in [4.78, 5) is 23.1. The second-order valence-corrected chi connectivity index (χ2v) is 6.22. The third-order valence-electron chi connectivity index (χ3n) is 4.57. The van der Waals surface area contributed by atoms with Crippen LogP contribution in [0.5, 0.6) is 0 Å². The molecule has 1 spiro atoms. The van der Waals surface area contributed by atoms with E-state index in [0.717, 1.165) is 19.3 Å². The van der Waals surface area contributed by atoms with Gasteiger partial charge >= 0.3 is 5.97 Å². The molecule has 106 valence electrons. The van der Waals surface area contributed by atoms with Gasteiger partial charge in [-0.25, -0.2) is 4.79 Å². The monoisotopic (exact) mass is 293 g/mol. The molecule has 3 rings (SSSR count). The number of nitrogens with one attached hydrogen (secondary N) is 1. The van der Waals surface area contributed by atoms with Crippen LogP contribution in [0, 0.1) is 11.3 Å². The fourth-order valence-electron chi connectivity index (χ4n) is 3.35. The molecule has 0 bridgehead atoms. The number of carbonyl (C=O) groups is 2. The molecule has 5 heteroatoms. The zero-order valence-corrected chi connectivity index (χ0v) is 11.7. The van der Waals surface area contributed by atoms with Gasteiger partial charge in [-0.15, -0.1) is 0 Å². The van der Waals surface area contributed by atoms with Crippen LogP contribution in [-0.4, -0.2) is 17.0 Å². The lowest BCUT2D eigenvalue weighted by molar-refractivity contribution is -0.118. The van der Waals surface area contributed by atoms with Gasteiger partial charge in [0.2, 0.25) is 5.91 Å². The maximum atomic E-state index is 12.2. The average Bonchev–Trinajstić information content (AvgIpc) is 2.87. The van der Waals surface area contributed by atoms with Crippen LogP contribution in [0.2, 0.25) is 5.02 Å². The van der Waals surface area contributed by atoms with Crippen LogP contribution >= 0.6 is 11.6 Å². The van der Waals surface area contributed by atoms with E-state index in [-0.39, 0.29) is 27.8 Å². The number of benzene rings is 1. The van der Waals surface area contributed by atoms with Crippen molar-refractivity contribution >= 4 is 29.2 Å². The first-order valence-corrected chi connectivity index (χ1v) is 7.23. The van der Waals surface area contributed by atoms with Crippen molar-refractivity contribution in [2.45, 2.75) is 32.1 Å². The van der Waals surface area contributed by atoms with Gasteiger partial charge in [0.1, 0.15) is 0 Å². The Hall–Kier alpha value is -1.55. The number of carbonyl (C=O) groups excluding carboxylic acids is 1. The fourth-order valence-corrected chi connectivity index (χ4v) is 3.61. The molecular formula is C15H16ClNO3. The van der Waals surface area contributed by atoms with Crippen molar-refractivity contribution in [3.8, 4) is 0 Å². The molecule has 2 aliphatic rings. The molecule has 0 radical (unpaired) electrons. The molecule has 4 nitrogen and oxygen atoms in total. The zero-order chi connectivity index (χ0) is 14.3. The van der Waals surface area contributed by atoms with Gasteiger partial charge < -0.3 is 10.4 Å². The number of carboxylic acids is 1. The van der Waals surface area contributed by atoms with E-state index in [1.165, 1.54) is 25.0 Å². The summed E-state index contributed by atoms with van der Waals surface area (Å²) in [5.41, 5.74) is 0.864. The van der Waals surface area contributed by atoms with Gasteiger partial charge in [0.25, 0.3) is 0 Å². The summed E-state index contributed by atoms with van der Waals surface area (Å²) >= 11 is 5.89. The minimum atomic E-state index is -1.07. The Morgan fingerprint density at radius 2 is 2.00 bits per heavy atom. The molecule has 1 unspecified atom stereocenters. The maximum absolute atomic E-state index is 12.2. The van der Waals surface area contributed by atoms with Crippen LogP contribution in [0.15, 0.2) is 18.2 Å². The Kier molecular flexibility index (Phi) is 3.21. The molecule has 1 aromatic carbocycles. The zero-order valence-electron chi connectivity index (χ0n) is 11.0. The Labute approximate surface area is 122 Å². The second-order valence-electron chi connectivity index (χ2n) is 5.82. The van der Waals surface area contributed by atoms with Gasteiger partial charge in [0, 0.05) is 11.6 Å². The predicted molar refractivity (Wildman–Crippen MR) is 76.0 cm³/mol. The summed E-state index contributed by atoms with van der Waals surface area (Å²) in [7, 11) is 0. The fraction of sp³-hybridized carbons (Fsp3) is 0.467. The molecular weight excluding hydrogens is 278 g/mol. The summed E-state index contributed by atoms with van der Waals surface area (Å²) < 4.78 is 0. The van der Waals surface area contributed by atoms with Gasteiger partial charge in [-0.05, 0) is 42.9 Å². The van der Waals surface area contributed by atoms with Crippen molar-refractivity contribution in [2.24, 2.45) is 11.3 Å². The molecule has 1 atom stereocenters. The summed E-state index contributed by atoms with van der Waals surface area (Å²) in [5.74, 6) is -0.922. The SMILES string of the molecule is O=C(O)c1ccc(NC(=O)C2CC23CCCC3)cc1Cl. The number of carboxylic acid groups (broad SMARTS) is 1. The van der Waals surface area contributed by atoms with E-state index in [4.69, 9.17) is 16.7 Å². The highest BCUT2D eigenvalue weighted by Gasteiger charge is 2.58. The van der Waals surface area contributed by atoms with Crippen molar-refractivity contribution < 1.29 is 14.7 Å². The number of hydrogen-bond acceptors (Lipinski definition) is 2. The Morgan fingerprint density at radius 1 is 1.30 bits per heavy atom. The highest BCUT2D eigenvalue weighted by atomic mass is 35.5. The smallest absolute Gasteiger partial charge is 0.337 e. The van der Waals surface area contributed by atoms with E-state index in [2.05, 4.69) is 5.32 Å². The van der Waals surface area contributed by atoms with Gasteiger partial charge in [-0.1, -0.05) is 24.4 Å². The third-order valence-corrected chi connectivity index (χ3v) is 4.89. The van der Waals surface area contributed by atoms with Gasteiger partial charge in [-0.2, -0.15) is 0 Å². The number of anilines is 1. The van der Waals surface area contributed by atoms with Crippen LogP contribution < -0.4 is 5.32 Å². The van der Waals surface area contributed by atoms with Gasteiger partial charge in [0.15, 0.2) is 0 Å². The van der Waals surface area contributed by atoms with Crippen molar-refractivity contribution in [1.82, 2.24) is 0 Å². The third kappa shape index (κ3) is 2.29. The molecule has 20 heavy (non-hydrogen) atoms. The summed E-state index contributed by atoms with van der Waals surface area (Å²) in [6, 6.07) is 4.49. The predicted octanol–water partition coefficient (Wildman–Crippen LogP) is 3.56.